The summed E-state index contributed by atoms with van der Waals surface area (Å²) in [6.45, 7) is 2.38. The summed E-state index contributed by atoms with van der Waals surface area (Å²) in [7, 11) is 3.31. The van der Waals surface area contributed by atoms with Gasteiger partial charge in [-0.2, -0.15) is 0 Å². The predicted molar refractivity (Wildman–Crippen MR) is 108 cm³/mol. The first kappa shape index (κ1) is 21.2. The van der Waals surface area contributed by atoms with Crippen LogP contribution in [0, 0.1) is 0 Å². The van der Waals surface area contributed by atoms with Crippen molar-refractivity contribution < 1.29 is 19.7 Å². The monoisotopic (exact) mass is 374 g/mol. The van der Waals surface area contributed by atoms with Gasteiger partial charge in [0.05, 0.1) is 13.2 Å². The van der Waals surface area contributed by atoms with Crippen LogP contribution < -0.4 is 9.80 Å². The van der Waals surface area contributed by atoms with Crippen molar-refractivity contribution in [3.05, 3.63) is 59.7 Å². The van der Waals surface area contributed by atoms with E-state index in [1.54, 1.807) is 14.2 Å². The number of hydrogen-bond donors (Lipinski definition) is 2. The van der Waals surface area contributed by atoms with Gasteiger partial charge in [-0.3, -0.25) is 0 Å². The lowest BCUT2D eigenvalue weighted by Crippen LogP contribution is -2.28. The molecule has 0 bridgehead atoms. The Morgan fingerprint density at radius 2 is 1.04 bits per heavy atom. The Labute approximate surface area is 161 Å². The van der Waals surface area contributed by atoms with Crippen LogP contribution >= 0.6 is 0 Å². The molecule has 0 aromatic heterocycles. The third-order valence-electron chi connectivity index (χ3n) is 4.48. The van der Waals surface area contributed by atoms with E-state index in [9.17, 15) is 10.2 Å². The number of nitrogens with zero attached hydrogens (tertiary/aromatic N) is 2. The molecule has 0 saturated heterocycles. The van der Waals surface area contributed by atoms with Gasteiger partial charge in [0.15, 0.2) is 0 Å². The van der Waals surface area contributed by atoms with Gasteiger partial charge in [0, 0.05) is 38.7 Å². The highest BCUT2D eigenvalue weighted by molar-refractivity contribution is 5.50. The molecule has 0 aliphatic rings. The summed E-state index contributed by atoms with van der Waals surface area (Å²) in [5, 5.41) is 19.0. The fourth-order valence-electron chi connectivity index (χ4n) is 2.85. The third-order valence-corrected chi connectivity index (χ3v) is 4.48. The Kier molecular flexibility index (Phi) is 9.07. The molecule has 2 aromatic carbocycles. The van der Waals surface area contributed by atoms with Crippen molar-refractivity contribution in [1.29, 1.82) is 0 Å². The highest BCUT2D eigenvalue weighted by Crippen LogP contribution is 2.19. The van der Waals surface area contributed by atoms with Crippen LogP contribution in [0.25, 0.3) is 0 Å². The number of ether oxygens (including phenoxy) is 2. The van der Waals surface area contributed by atoms with Gasteiger partial charge in [-0.05, 0) is 41.8 Å². The minimum absolute atomic E-state index is 0.0331. The quantitative estimate of drug-likeness (QED) is 0.555. The Morgan fingerprint density at radius 3 is 1.33 bits per heavy atom. The summed E-state index contributed by atoms with van der Waals surface area (Å²) in [5.74, 6) is 0. The molecule has 2 rings (SSSR count). The maximum atomic E-state index is 9.50. The molecular weight excluding hydrogens is 344 g/mol. The highest BCUT2D eigenvalue weighted by atomic mass is 16.5. The molecular formula is C21H30N2O4. The van der Waals surface area contributed by atoms with E-state index in [4.69, 9.17) is 9.47 Å². The van der Waals surface area contributed by atoms with E-state index in [1.807, 2.05) is 34.1 Å². The number of benzene rings is 2. The Hall–Kier alpha value is -2.12. The minimum atomic E-state index is -0.0331. The molecule has 0 spiro atoms. The van der Waals surface area contributed by atoms with Gasteiger partial charge in [-0.25, -0.2) is 0 Å². The number of anilines is 2. The molecule has 0 unspecified atom stereocenters. The summed E-state index contributed by atoms with van der Waals surface area (Å²) < 4.78 is 10.2. The Balaban J connectivity index is 1.98. The first-order chi connectivity index (χ1) is 13.2. The van der Waals surface area contributed by atoms with Gasteiger partial charge >= 0.3 is 0 Å². The van der Waals surface area contributed by atoms with Crippen LogP contribution in [0.5, 0.6) is 0 Å². The number of aliphatic hydroxyl groups excluding tert-OH is 2. The number of aliphatic hydroxyl groups is 2. The van der Waals surface area contributed by atoms with Crippen molar-refractivity contribution >= 4 is 11.4 Å². The van der Waals surface area contributed by atoms with Gasteiger partial charge in [-0.15, -0.1) is 0 Å². The maximum Gasteiger partial charge on any atom is 0.115 e. The largest absolute Gasteiger partial charge is 0.383 e. The molecule has 6 heteroatoms. The van der Waals surface area contributed by atoms with E-state index < -0.39 is 0 Å². The number of methoxy groups -OCH3 is 2. The predicted octanol–water partition coefficient (Wildman–Crippen LogP) is 2.08. The van der Waals surface area contributed by atoms with Gasteiger partial charge < -0.3 is 29.5 Å². The van der Waals surface area contributed by atoms with E-state index >= 15 is 0 Å². The molecule has 2 aromatic rings. The molecule has 0 aliphatic carbocycles. The van der Waals surface area contributed by atoms with Crippen LogP contribution in [-0.2, 0) is 15.9 Å². The second-order valence-electron chi connectivity index (χ2n) is 6.30. The summed E-state index contributed by atoms with van der Waals surface area (Å²) in [6, 6.07) is 16.4. The molecule has 0 aliphatic heterocycles. The van der Waals surface area contributed by atoms with Crippen molar-refractivity contribution in [2.45, 2.75) is 6.42 Å². The normalized spacial score (nSPS) is 10.8. The minimum Gasteiger partial charge on any atom is -0.383 e. The molecule has 6 nitrogen and oxygen atoms in total. The van der Waals surface area contributed by atoms with E-state index in [-0.39, 0.29) is 13.5 Å². The molecule has 0 radical (unpaired) electrons. The second kappa shape index (κ2) is 11.6. The summed E-state index contributed by atoms with van der Waals surface area (Å²) >= 11 is 0. The molecule has 0 saturated carbocycles. The van der Waals surface area contributed by atoms with Gasteiger partial charge in [-0.1, -0.05) is 24.3 Å². The number of hydrogen-bond acceptors (Lipinski definition) is 6. The Bertz CT molecular complexity index is 589. The standard InChI is InChI=1S/C21H30N2O4/c1-26-13-11-22(16-24)20-7-3-18(4-8-20)15-19-5-9-21(10-6-19)23(17-25)12-14-27-2/h3-10,24-25H,11-17H2,1-2H3. The molecule has 2 N–H and O–H groups in total. The molecule has 0 amide bonds. The third kappa shape index (κ3) is 6.52. The van der Waals surface area contributed by atoms with Crippen LogP contribution in [0.15, 0.2) is 48.5 Å². The SMILES string of the molecule is COCCN(CO)c1ccc(Cc2ccc(N(CO)CCOC)cc2)cc1. The van der Waals surface area contributed by atoms with Crippen molar-refractivity contribution in [1.82, 2.24) is 0 Å². The van der Waals surface area contributed by atoms with Gasteiger partial charge in [0.2, 0.25) is 0 Å². The summed E-state index contributed by atoms with van der Waals surface area (Å²) in [6.07, 6.45) is 0.828. The van der Waals surface area contributed by atoms with Crippen LogP contribution in [0.3, 0.4) is 0 Å². The second-order valence-corrected chi connectivity index (χ2v) is 6.30. The molecule has 0 heterocycles. The zero-order valence-electron chi connectivity index (χ0n) is 16.2. The lowest BCUT2D eigenvalue weighted by Gasteiger charge is -2.22. The summed E-state index contributed by atoms with van der Waals surface area (Å²) in [4.78, 5) is 3.73. The van der Waals surface area contributed by atoms with Gasteiger partial charge in [0.1, 0.15) is 13.5 Å². The molecule has 27 heavy (non-hydrogen) atoms. The zero-order valence-corrected chi connectivity index (χ0v) is 16.2. The van der Waals surface area contributed by atoms with E-state index in [0.717, 1.165) is 17.8 Å². The van der Waals surface area contributed by atoms with Crippen molar-refractivity contribution in [2.75, 3.05) is 63.8 Å². The fourth-order valence-corrected chi connectivity index (χ4v) is 2.85. The van der Waals surface area contributed by atoms with Crippen LogP contribution in [0.4, 0.5) is 11.4 Å². The van der Waals surface area contributed by atoms with Crippen LogP contribution in [0.2, 0.25) is 0 Å². The van der Waals surface area contributed by atoms with Crippen molar-refractivity contribution in [3.8, 4) is 0 Å². The first-order valence-electron chi connectivity index (χ1n) is 9.09. The fraction of sp³-hybridized carbons (Fsp3) is 0.429. The van der Waals surface area contributed by atoms with E-state index in [1.165, 1.54) is 11.1 Å². The zero-order chi connectivity index (χ0) is 19.5. The van der Waals surface area contributed by atoms with Crippen molar-refractivity contribution in [3.63, 3.8) is 0 Å². The average molecular weight is 374 g/mol. The van der Waals surface area contributed by atoms with E-state index in [2.05, 4.69) is 24.3 Å². The first-order valence-corrected chi connectivity index (χ1v) is 9.09. The topological polar surface area (TPSA) is 65.4 Å². The maximum absolute atomic E-state index is 9.50. The molecule has 148 valence electrons. The van der Waals surface area contributed by atoms with Gasteiger partial charge in [0.25, 0.3) is 0 Å². The Morgan fingerprint density at radius 1 is 0.667 bits per heavy atom. The van der Waals surface area contributed by atoms with E-state index in [0.29, 0.717) is 26.3 Å². The number of rotatable bonds is 12. The average Bonchev–Trinajstić information content (AvgIpc) is 2.71. The lowest BCUT2D eigenvalue weighted by molar-refractivity contribution is 0.195. The van der Waals surface area contributed by atoms with Crippen LogP contribution in [-0.4, -0.2) is 64.2 Å². The smallest absolute Gasteiger partial charge is 0.115 e. The molecule has 0 atom stereocenters. The molecule has 0 fully saturated rings. The highest BCUT2D eigenvalue weighted by Gasteiger charge is 2.07. The summed E-state index contributed by atoms with van der Waals surface area (Å²) in [5.41, 5.74) is 4.36. The van der Waals surface area contributed by atoms with Crippen molar-refractivity contribution in [2.24, 2.45) is 0 Å². The lowest BCUT2D eigenvalue weighted by atomic mass is 10.0. The van der Waals surface area contributed by atoms with Crippen LogP contribution in [0.1, 0.15) is 11.1 Å².